The highest BCUT2D eigenvalue weighted by molar-refractivity contribution is 5.94. The number of hydrogen-bond acceptors (Lipinski definition) is 1. The molecule has 0 spiro atoms. The zero-order valence-electron chi connectivity index (χ0n) is 8.94. The van der Waals surface area contributed by atoms with Crippen LogP contribution in [0, 0.1) is 36.7 Å². The molecule has 0 bridgehead atoms. The molecule has 2 aromatic carbocycles. The number of nitrogens with two attached hydrogens (primary N) is 1. The maximum Gasteiger partial charge on any atom is 0.196 e. The number of rotatable bonds is 0. The molecule has 0 saturated carbocycles. The summed E-state index contributed by atoms with van der Waals surface area (Å²) in [6.07, 6.45) is 5.13. The smallest absolute Gasteiger partial charge is 0.196 e. The molecule has 4 heteroatoms. The van der Waals surface area contributed by atoms with E-state index in [-0.39, 0.29) is 22.0 Å². The van der Waals surface area contributed by atoms with Crippen molar-refractivity contribution in [2.45, 2.75) is 6.92 Å². The van der Waals surface area contributed by atoms with Crippen molar-refractivity contribution in [3.8, 4) is 12.3 Å². The van der Waals surface area contributed by atoms with Crippen LogP contribution in [0.3, 0.4) is 0 Å². The van der Waals surface area contributed by atoms with Gasteiger partial charge < -0.3 is 5.73 Å². The monoisotopic (exact) mass is 235 g/mol. The Balaban J connectivity index is 3.13. The first-order valence-corrected chi connectivity index (χ1v) is 4.80. The average Bonchev–Trinajstić information content (AvgIpc) is 2.28. The highest BCUT2D eigenvalue weighted by Gasteiger charge is 2.20. The Morgan fingerprint density at radius 3 is 2.35 bits per heavy atom. The molecule has 86 valence electrons. The first-order valence-electron chi connectivity index (χ1n) is 4.80. The molecule has 0 radical (unpaired) electrons. The molecular weight excluding hydrogens is 227 g/mol. The fourth-order valence-corrected chi connectivity index (χ4v) is 1.89. The van der Waals surface area contributed by atoms with Crippen LogP contribution in [0.1, 0.15) is 11.1 Å². The third-order valence-electron chi connectivity index (χ3n) is 2.59. The molecule has 0 aliphatic heterocycles. The van der Waals surface area contributed by atoms with Gasteiger partial charge in [-0.2, -0.15) is 0 Å². The topological polar surface area (TPSA) is 26.0 Å². The maximum absolute atomic E-state index is 13.6. The average molecular weight is 235 g/mol. The largest absolute Gasteiger partial charge is 0.399 e. The molecule has 2 N–H and O–H groups in total. The molecule has 1 nitrogen and oxygen atoms in total. The summed E-state index contributed by atoms with van der Waals surface area (Å²) in [6.45, 7) is 1.61. The van der Waals surface area contributed by atoms with E-state index in [4.69, 9.17) is 12.2 Å². The zero-order chi connectivity index (χ0) is 12.7. The van der Waals surface area contributed by atoms with Crippen molar-refractivity contribution in [3.63, 3.8) is 0 Å². The summed E-state index contributed by atoms with van der Waals surface area (Å²) in [4.78, 5) is 0. The van der Waals surface area contributed by atoms with Gasteiger partial charge in [-0.3, -0.25) is 0 Å². The van der Waals surface area contributed by atoms with Crippen LogP contribution in [-0.4, -0.2) is 0 Å². The fourth-order valence-electron chi connectivity index (χ4n) is 1.89. The molecule has 2 rings (SSSR count). The van der Waals surface area contributed by atoms with E-state index in [2.05, 4.69) is 0 Å². The summed E-state index contributed by atoms with van der Waals surface area (Å²) in [6, 6.07) is 2.76. The van der Waals surface area contributed by atoms with Gasteiger partial charge in [-0.1, -0.05) is 5.92 Å². The molecule has 0 saturated heterocycles. The van der Waals surface area contributed by atoms with Gasteiger partial charge in [0.05, 0.1) is 5.56 Å². The standard InChI is InChI=1S/C13H8F3N/c1-3-8-10-6(2)4-7(17)5-9(10)12(15)13(16)11(8)14/h1,4-5H,17H2,2H3. The van der Waals surface area contributed by atoms with Gasteiger partial charge in [-0.25, -0.2) is 13.2 Å². The summed E-state index contributed by atoms with van der Waals surface area (Å²) in [5, 5.41) is 0.0763. The van der Waals surface area contributed by atoms with Gasteiger partial charge in [0.2, 0.25) is 0 Å². The lowest BCUT2D eigenvalue weighted by atomic mass is 9.98. The number of hydrogen-bond donors (Lipinski definition) is 1. The van der Waals surface area contributed by atoms with E-state index in [0.29, 0.717) is 5.56 Å². The van der Waals surface area contributed by atoms with E-state index in [9.17, 15) is 13.2 Å². The molecular formula is C13H8F3N. The third-order valence-corrected chi connectivity index (χ3v) is 2.59. The minimum Gasteiger partial charge on any atom is -0.399 e. The van der Waals surface area contributed by atoms with Gasteiger partial charge in [-0.15, -0.1) is 6.42 Å². The van der Waals surface area contributed by atoms with Gasteiger partial charge in [-0.05, 0) is 24.6 Å². The Bertz CT molecular complexity index is 669. The van der Waals surface area contributed by atoms with Crippen LogP contribution in [-0.2, 0) is 0 Å². The van der Waals surface area contributed by atoms with Crippen LogP contribution in [0.5, 0.6) is 0 Å². The summed E-state index contributed by atoms with van der Waals surface area (Å²) in [7, 11) is 0. The Hall–Kier alpha value is -2.15. The number of benzene rings is 2. The van der Waals surface area contributed by atoms with Gasteiger partial charge in [0, 0.05) is 16.5 Å². The van der Waals surface area contributed by atoms with Crippen LogP contribution >= 0.6 is 0 Å². The van der Waals surface area contributed by atoms with Crippen molar-refractivity contribution in [2.75, 3.05) is 5.73 Å². The quantitative estimate of drug-likeness (QED) is 0.423. The van der Waals surface area contributed by atoms with Crippen LogP contribution in [0.25, 0.3) is 10.8 Å². The first-order chi connectivity index (χ1) is 7.97. The van der Waals surface area contributed by atoms with Crippen LogP contribution in [0.4, 0.5) is 18.9 Å². The van der Waals surface area contributed by atoms with E-state index in [0.717, 1.165) is 0 Å². The second kappa shape index (κ2) is 3.70. The Kier molecular flexibility index (Phi) is 2.47. The second-order valence-electron chi connectivity index (χ2n) is 3.72. The lowest BCUT2D eigenvalue weighted by molar-refractivity contribution is 0.452. The molecule has 0 atom stereocenters. The first kappa shape index (κ1) is 11.3. The highest BCUT2D eigenvalue weighted by atomic mass is 19.2. The summed E-state index contributed by atoms with van der Waals surface area (Å²) in [5.41, 5.74) is 6.03. The number of anilines is 1. The highest BCUT2D eigenvalue weighted by Crippen LogP contribution is 2.31. The summed E-state index contributed by atoms with van der Waals surface area (Å²) in [5.74, 6) is -2.14. The minimum atomic E-state index is -1.57. The number of halogens is 3. The normalized spacial score (nSPS) is 10.5. The number of terminal acetylenes is 1. The lowest BCUT2D eigenvalue weighted by Gasteiger charge is -2.10. The van der Waals surface area contributed by atoms with E-state index < -0.39 is 17.5 Å². The molecule has 0 aromatic heterocycles. The SMILES string of the molecule is C#Cc1c(F)c(F)c(F)c2cc(N)cc(C)c12. The van der Waals surface area contributed by atoms with E-state index in [1.807, 2.05) is 5.92 Å². The second-order valence-corrected chi connectivity index (χ2v) is 3.72. The van der Waals surface area contributed by atoms with Crippen molar-refractivity contribution in [1.82, 2.24) is 0 Å². The number of fused-ring (bicyclic) bond motifs is 1. The van der Waals surface area contributed by atoms with Crippen molar-refractivity contribution in [1.29, 1.82) is 0 Å². The van der Waals surface area contributed by atoms with Gasteiger partial charge in [0.1, 0.15) is 0 Å². The molecule has 2 aromatic rings. The Labute approximate surface area is 96.0 Å². The van der Waals surface area contributed by atoms with Gasteiger partial charge in [0.25, 0.3) is 0 Å². The van der Waals surface area contributed by atoms with Crippen molar-refractivity contribution < 1.29 is 13.2 Å². The lowest BCUT2D eigenvalue weighted by Crippen LogP contribution is -2.00. The van der Waals surface area contributed by atoms with E-state index in [1.165, 1.54) is 12.1 Å². The molecule has 0 fully saturated rings. The van der Waals surface area contributed by atoms with Crippen LogP contribution in [0.15, 0.2) is 12.1 Å². The Morgan fingerprint density at radius 1 is 1.12 bits per heavy atom. The molecule has 0 unspecified atom stereocenters. The van der Waals surface area contributed by atoms with E-state index >= 15 is 0 Å². The molecule has 0 heterocycles. The number of nitrogen functional groups attached to an aromatic ring is 1. The maximum atomic E-state index is 13.6. The predicted molar refractivity (Wildman–Crippen MR) is 60.9 cm³/mol. The molecule has 17 heavy (non-hydrogen) atoms. The summed E-state index contributed by atoms with van der Waals surface area (Å²) < 4.78 is 40.4. The van der Waals surface area contributed by atoms with Crippen molar-refractivity contribution in [2.24, 2.45) is 0 Å². The fraction of sp³-hybridized carbons (Fsp3) is 0.0769. The molecule has 0 aliphatic rings. The van der Waals surface area contributed by atoms with Crippen molar-refractivity contribution >= 4 is 16.5 Å². The van der Waals surface area contributed by atoms with Crippen LogP contribution in [0.2, 0.25) is 0 Å². The van der Waals surface area contributed by atoms with E-state index in [1.54, 1.807) is 6.92 Å². The van der Waals surface area contributed by atoms with Crippen LogP contribution < -0.4 is 5.73 Å². The Morgan fingerprint density at radius 2 is 1.76 bits per heavy atom. The molecule has 0 amide bonds. The summed E-state index contributed by atoms with van der Waals surface area (Å²) >= 11 is 0. The number of aryl methyl sites for hydroxylation is 1. The predicted octanol–water partition coefficient (Wildman–Crippen LogP) is 3.13. The molecule has 0 aliphatic carbocycles. The third kappa shape index (κ3) is 1.51. The van der Waals surface area contributed by atoms with Gasteiger partial charge >= 0.3 is 0 Å². The van der Waals surface area contributed by atoms with Gasteiger partial charge in [0.15, 0.2) is 17.5 Å². The van der Waals surface area contributed by atoms with Crippen molar-refractivity contribution in [3.05, 3.63) is 40.7 Å². The minimum absolute atomic E-state index is 0.102. The zero-order valence-corrected chi connectivity index (χ0v) is 8.94.